The molecule has 0 bridgehead atoms. The van der Waals surface area contributed by atoms with Gasteiger partial charge in [-0.05, 0) is 76.9 Å². The van der Waals surface area contributed by atoms with Crippen LogP contribution in [0.4, 0.5) is 0 Å². The Balaban J connectivity index is 1.16. The Morgan fingerprint density at radius 2 is 0.823 bits per heavy atom. The average molecular weight is 810 g/mol. The van der Waals surface area contributed by atoms with E-state index in [1.807, 2.05) is 72.0 Å². The summed E-state index contributed by atoms with van der Waals surface area (Å²) in [6, 6.07) is 74.5. The van der Waals surface area contributed by atoms with Crippen LogP contribution in [0.2, 0.25) is 0 Å². The first-order valence-electron chi connectivity index (χ1n) is 20.7. The van der Waals surface area contributed by atoms with E-state index >= 15 is 0 Å². The average Bonchev–Trinajstić information content (AvgIpc) is 3.88. The molecule has 12 aromatic rings. The highest BCUT2D eigenvalue weighted by Crippen LogP contribution is 2.42. The Kier molecular flexibility index (Phi) is 8.61. The predicted molar refractivity (Wildman–Crippen MR) is 257 cm³/mol. The number of hydrogen-bond donors (Lipinski definition) is 0. The fraction of sp³-hybridized carbons (Fsp3) is 0. The highest BCUT2D eigenvalue weighted by atomic mass is 32.1. The lowest BCUT2D eigenvalue weighted by Crippen LogP contribution is -2.06. The number of hydrogen-bond acceptors (Lipinski definition) is 5. The smallest absolute Gasteiger partial charge is 0.184 e. The number of aromatic nitrogens is 5. The lowest BCUT2D eigenvalue weighted by atomic mass is 9.95. The number of pyridine rings is 1. The standard InChI is InChI=1S/C56H35N5S/c1-5-17-36(18-6-1)40-31-41(37-19-7-2-8-20-37)33-42(32-40)47-29-30-49(53(57-47)56-59-54(38-21-9-3-10-22-38)58-55(60-56)39-23-11-4-12-24-39)61-48-27-15-13-25-43(48)45-34-46-44-26-14-16-28-51(44)62-52(46)35-50(45)61/h1-35H. The SMILES string of the molecule is c1ccc(-c2cc(-c3ccccc3)cc(-c3ccc(-n4c5ccccc5c5cc6c(cc54)sc4ccccc46)c(-c4nc(-c5ccccc5)nc(-c5ccccc5)n4)n3)c2)cc1. The monoisotopic (exact) mass is 809 g/mol. The topological polar surface area (TPSA) is 56.5 Å². The third-order valence-corrected chi connectivity index (χ3v) is 12.8. The minimum Gasteiger partial charge on any atom is -0.307 e. The van der Waals surface area contributed by atoms with Crippen molar-refractivity contribution in [2.24, 2.45) is 0 Å². The van der Waals surface area contributed by atoms with Crippen molar-refractivity contribution in [2.75, 3.05) is 0 Å². The maximum absolute atomic E-state index is 5.65. The van der Waals surface area contributed by atoms with Crippen LogP contribution in [-0.4, -0.2) is 24.5 Å². The second kappa shape index (κ2) is 14.9. The number of thiophene rings is 1. The first-order valence-corrected chi connectivity index (χ1v) is 21.5. The van der Waals surface area contributed by atoms with Crippen LogP contribution in [0.1, 0.15) is 0 Å². The van der Waals surface area contributed by atoms with Crippen LogP contribution in [0.25, 0.3) is 115 Å². The molecule has 290 valence electrons. The minimum absolute atomic E-state index is 0.492. The van der Waals surface area contributed by atoms with Gasteiger partial charge in [0.1, 0.15) is 5.69 Å². The third-order valence-electron chi connectivity index (χ3n) is 11.6. The van der Waals surface area contributed by atoms with E-state index in [4.69, 9.17) is 19.9 Å². The van der Waals surface area contributed by atoms with Crippen LogP contribution in [0.3, 0.4) is 0 Å². The summed E-state index contributed by atoms with van der Waals surface area (Å²) in [5, 5.41) is 4.89. The maximum atomic E-state index is 5.65. The molecule has 0 spiro atoms. The summed E-state index contributed by atoms with van der Waals surface area (Å²) in [7, 11) is 0. The number of rotatable bonds is 7. The van der Waals surface area contributed by atoms with E-state index in [9.17, 15) is 0 Å². The lowest BCUT2D eigenvalue weighted by Gasteiger charge is -2.16. The molecule has 4 heterocycles. The van der Waals surface area contributed by atoms with Crippen molar-refractivity contribution >= 4 is 53.3 Å². The van der Waals surface area contributed by atoms with Crippen molar-refractivity contribution in [1.29, 1.82) is 0 Å². The van der Waals surface area contributed by atoms with Gasteiger partial charge < -0.3 is 4.57 Å². The zero-order valence-corrected chi connectivity index (χ0v) is 34.2. The van der Waals surface area contributed by atoms with Crippen LogP contribution in [0, 0.1) is 0 Å². The fourth-order valence-corrected chi connectivity index (χ4v) is 9.81. The molecule has 8 aromatic carbocycles. The Morgan fingerprint density at radius 3 is 1.45 bits per heavy atom. The molecule has 0 atom stereocenters. The first-order chi connectivity index (χ1) is 30.7. The molecule has 0 aliphatic carbocycles. The van der Waals surface area contributed by atoms with Crippen molar-refractivity contribution in [3.8, 4) is 73.5 Å². The van der Waals surface area contributed by atoms with Gasteiger partial charge >= 0.3 is 0 Å². The molecule has 5 nitrogen and oxygen atoms in total. The highest BCUT2D eigenvalue weighted by molar-refractivity contribution is 7.25. The van der Waals surface area contributed by atoms with Gasteiger partial charge in [0.05, 0.1) is 22.4 Å². The molecular formula is C56H35N5S. The Labute approximate surface area is 361 Å². The van der Waals surface area contributed by atoms with E-state index in [2.05, 4.69) is 156 Å². The van der Waals surface area contributed by atoms with Crippen LogP contribution >= 0.6 is 11.3 Å². The zero-order chi connectivity index (χ0) is 41.0. The summed E-state index contributed by atoms with van der Waals surface area (Å²) in [5.41, 5.74) is 11.8. The van der Waals surface area contributed by atoms with Crippen molar-refractivity contribution < 1.29 is 0 Å². The number of para-hydroxylation sites is 1. The normalized spacial score (nSPS) is 11.5. The number of fused-ring (bicyclic) bond motifs is 6. The van der Waals surface area contributed by atoms with Gasteiger partial charge in [0, 0.05) is 47.6 Å². The molecule has 0 aliphatic heterocycles. The summed E-state index contributed by atoms with van der Waals surface area (Å²) < 4.78 is 4.86. The van der Waals surface area contributed by atoms with Crippen molar-refractivity contribution in [3.63, 3.8) is 0 Å². The van der Waals surface area contributed by atoms with Crippen molar-refractivity contribution in [2.45, 2.75) is 0 Å². The van der Waals surface area contributed by atoms with Crippen LogP contribution in [-0.2, 0) is 0 Å². The van der Waals surface area contributed by atoms with E-state index in [0.29, 0.717) is 23.2 Å². The van der Waals surface area contributed by atoms with Crippen LogP contribution in [0.5, 0.6) is 0 Å². The van der Waals surface area contributed by atoms with Gasteiger partial charge in [-0.25, -0.2) is 19.9 Å². The molecule has 0 unspecified atom stereocenters. The fourth-order valence-electron chi connectivity index (χ4n) is 8.69. The summed E-state index contributed by atoms with van der Waals surface area (Å²) >= 11 is 1.83. The van der Waals surface area contributed by atoms with E-state index < -0.39 is 0 Å². The molecule has 0 fully saturated rings. The van der Waals surface area contributed by atoms with E-state index in [1.165, 1.54) is 30.9 Å². The van der Waals surface area contributed by atoms with E-state index in [1.54, 1.807) is 0 Å². The van der Waals surface area contributed by atoms with Gasteiger partial charge in [-0.15, -0.1) is 11.3 Å². The predicted octanol–water partition coefficient (Wildman–Crippen LogP) is 14.7. The molecule has 4 aromatic heterocycles. The Bertz CT molecular complexity index is 3500. The lowest BCUT2D eigenvalue weighted by molar-refractivity contribution is 1.04. The molecule has 0 amide bonds. The van der Waals surface area contributed by atoms with Crippen molar-refractivity contribution in [1.82, 2.24) is 24.5 Å². The third kappa shape index (κ3) is 6.24. The highest BCUT2D eigenvalue weighted by Gasteiger charge is 2.23. The molecule has 0 N–H and O–H groups in total. The second-order valence-electron chi connectivity index (χ2n) is 15.4. The molecule has 6 heteroatoms. The molecule has 0 radical (unpaired) electrons. The molecule has 12 rings (SSSR count). The summed E-state index contributed by atoms with van der Waals surface area (Å²) in [6.07, 6.45) is 0. The minimum atomic E-state index is 0.492. The van der Waals surface area contributed by atoms with Gasteiger partial charge in [0.15, 0.2) is 17.5 Å². The summed E-state index contributed by atoms with van der Waals surface area (Å²) in [4.78, 5) is 21.3. The molecule has 0 aliphatic rings. The van der Waals surface area contributed by atoms with Gasteiger partial charge in [-0.2, -0.15) is 0 Å². The summed E-state index contributed by atoms with van der Waals surface area (Å²) in [5.74, 6) is 1.66. The zero-order valence-electron chi connectivity index (χ0n) is 33.4. The molecule has 62 heavy (non-hydrogen) atoms. The van der Waals surface area contributed by atoms with Gasteiger partial charge in [-0.3, -0.25) is 0 Å². The van der Waals surface area contributed by atoms with Gasteiger partial charge in [0.25, 0.3) is 0 Å². The van der Waals surface area contributed by atoms with Gasteiger partial charge in [-0.1, -0.05) is 158 Å². The number of benzene rings is 8. The van der Waals surface area contributed by atoms with E-state index in [-0.39, 0.29) is 0 Å². The molecule has 0 saturated carbocycles. The Morgan fingerprint density at radius 1 is 0.306 bits per heavy atom. The molecule has 0 saturated heterocycles. The Hall–Kier alpha value is -8.06. The quantitative estimate of drug-likeness (QED) is 0.161. The first kappa shape index (κ1) is 35.8. The second-order valence-corrected chi connectivity index (χ2v) is 16.5. The molecular weight excluding hydrogens is 775 g/mol. The van der Waals surface area contributed by atoms with Crippen LogP contribution < -0.4 is 0 Å². The largest absolute Gasteiger partial charge is 0.307 e. The van der Waals surface area contributed by atoms with Crippen molar-refractivity contribution in [3.05, 3.63) is 212 Å². The maximum Gasteiger partial charge on any atom is 0.184 e. The number of nitrogens with zero attached hydrogens (tertiary/aromatic N) is 5. The van der Waals surface area contributed by atoms with Crippen LogP contribution in [0.15, 0.2) is 212 Å². The summed E-state index contributed by atoms with van der Waals surface area (Å²) in [6.45, 7) is 0. The van der Waals surface area contributed by atoms with E-state index in [0.717, 1.165) is 61.4 Å². The van der Waals surface area contributed by atoms with Gasteiger partial charge in [0.2, 0.25) is 0 Å².